The molecule has 0 radical (unpaired) electrons. The van der Waals surface area contributed by atoms with Crippen LogP contribution in [0.1, 0.15) is 44.0 Å². The van der Waals surface area contributed by atoms with Gasteiger partial charge in [-0.3, -0.25) is 0 Å². The highest BCUT2D eigenvalue weighted by Crippen LogP contribution is 2.24. The second kappa shape index (κ2) is 6.10. The monoisotopic (exact) mass is 269 g/mol. The summed E-state index contributed by atoms with van der Waals surface area (Å²) in [6.45, 7) is 6.87. The van der Waals surface area contributed by atoms with E-state index in [-0.39, 0.29) is 10.4 Å². The summed E-state index contributed by atoms with van der Waals surface area (Å²) < 4.78 is 5.18. The molecule has 2 N–H and O–H groups in total. The van der Waals surface area contributed by atoms with Gasteiger partial charge in [0, 0.05) is 0 Å². The number of rotatable bonds is 4. The summed E-state index contributed by atoms with van der Waals surface area (Å²) in [6.07, 6.45) is 1.85. The van der Waals surface area contributed by atoms with Crippen molar-refractivity contribution in [3.05, 3.63) is 28.8 Å². The molecular weight excluding hydrogens is 250 g/mol. The second-order valence-electron chi connectivity index (χ2n) is 5.51. The minimum Gasteiger partial charge on any atom is -0.462 e. The van der Waals surface area contributed by atoms with Gasteiger partial charge in [0.2, 0.25) is 0 Å². The Hall–Kier alpha value is -1.22. The van der Waals surface area contributed by atoms with E-state index in [0.29, 0.717) is 17.9 Å². The second-order valence-corrected chi connectivity index (χ2v) is 5.89. The van der Waals surface area contributed by atoms with E-state index in [0.717, 1.165) is 12.8 Å². The fraction of sp³-hybridized carbons (Fsp3) is 0.500. The van der Waals surface area contributed by atoms with Crippen molar-refractivity contribution in [1.82, 2.24) is 0 Å². The van der Waals surface area contributed by atoms with Crippen LogP contribution in [-0.4, -0.2) is 12.6 Å². The summed E-state index contributed by atoms with van der Waals surface area (Å²) in [7, 11) is 0. The Labute approximate surface area is 113 Å². The van der Waals surface area contributed by atoms with Gasteiger partial charge in [0.15, 0.2) is 0 Å². The van der Waals surface area contributed by atoms with Crippen molar-refractivity contribution in [1.29, 1.82) is 0 Å². The molecular formula is C14H20ClNO2. The SMILES string of the molecule is CC(C)(C)CCCOC(=O)c1cccc(N)c1Cl. The van der Waals surface area contributed by atoms with Gasteiger partial charge in [0.25, 0.3) is 0 Å². The average molecular weight is 270 g/mol. The predicted molar refractivity (Wildman–Crippen MR) is 74.8 cm³/mol. The highest BCUT2D eigenvalue weighted by Gasteiger charge is 2.14. The molecule has 0 spiro atoms. The average Bonchev–Trinajstić information content (AvgIpc) is 2.26. The number of halogens is 1. The quantitative estimate of drug-likeness (QED) is 0.512. The molecule has 0 aliphatic rings. The smallest absolute Gasteiger partial charge is 0.339 e. The molecule has 18 heavy (non-hydrogen) atoms. The van der Waals surface area contributed by atoms with Crippen LogP contribution in [0, 0.1) is 5.41 Å². The Morgan fingerprint density at radius 3 is 2.67 bits per heavy atom. The Bertz CT molecular complexity index is 424. The highest BCUT2D eigenvalue weighted by atomic mass is 35.5. The standard InChI is InChI=1S/C14H20ClNO2/c1-14(2,3)8-5-9-18-13(17)10-6-4-7-11(16)12(10)15/h4,6-7H,5,8-9,16H2,1-3H3. The number of hydrogen-bond acceptors (Lipinski definition) is 3. The fourth-order valence-electron chi connectivity index (χ4n) is 1.55. The van der Waals surface area contributed by atoms with Crippen molar-refractivity contribution >= 4 is 23.3 Å². The Morgan fingerprint density at radius 1 is 1.39 bits per heavy atom. The van der Waals surface area contributed by atoms with E-state index in [4.69, 9.17) is 22.1 Å². The first kappa shape index (κ1) is 14.8. The van der Waals surface area contributed by atoms with Crippen molar-refractivity contribution in [2.45, 2.75) is 33.6 Å². The number of hydrogen-bond donors (Lipinski definition) is 1. The number of carbonyl (C=O) groups is 1. The highest BCUT2D eigenvalue weighted by molar-refractivity contribution is 6.36. The molecule has 0 heterocycles. The van der Waals surface area contributed by atoms with E-state index in [1.54, 1.807) is 18.2 Å². The van der Waals surface area contributed by atoms with Crippen LogP contribution >= 0.6 is 11.6 Å². The van der Waals surface area contributed by atoms with E-state index in [1.165, 1.54) is 0 Å². The van der Waals surface area contributed by atoms with Gasteiger partial charge in [0.1, 0.15) is 0 Å². The lowest BCUT2D eigenvalue weighted by atomic mass is 9.91. The molecule has 0 aliphatic heterocycles. The third-order valence-corrected chi connectivity index (χ3v) is 2.97. The summed E-state index contributed by atoms with van der Waals surface area (Å²) in [6, 6.07) is 4.95. The Morgan fingerprint density at radius 2 is 2.06 bits per heavy atom. The molecule has 4 heteroatoms. The normalized spacial score (nSPS) is 11.3. The summed E-state index contributed by atoms with van der Waals surface area (Å²) >= 11 is 5.95. The molecule has 1 aromatic carbocycles. The number of anilines is 1. The molecule has 0 unspecified atom stereocenters. The van der Waals surface area contributed by atoms with Gasteiger partial charge >= 0.3 is 5.97 Å². The Kier molecular flexibility index (Phi) is 5.03. The molecule has 0 bridgehead atoms. The van der Waals surface area contributed by atoms with E-state index >= 15 is 0 Å². The van der Waals surface area contributed by atoms with Crippen LogP contribution in [0.4, 0.5) is 5.69 Å². The number of nitrogens with two attached hydrogens (primary N) is 1. The topological polar surface area (TPSA) is 52.3 Å². The van der Waals surface area contributed by atoms with Gasteiger partial charge < -0.3 is 10.5 Å². The molecule has 1 aromatic rings. The minimum atomic E-state index is -0.416. The van der Waals surface area contributed by atoms with E-state index in [9.17, 15) is 4.79 Å². The number of benzene rings is 1. The van der Waals surface area contributed by atoms with Gasteiger partial charge in [0.05, 0.1) is 22.9 Å². The zero-order chi connectivity index (χ0) is 13.8. The van der Waals surface area contributed by atoms with Gasteiger partial charge in [-0.2, -0.15) is 0 Å². The molecule has 0 saturated heterocycles. The maximum atomic E-state index is 11.8. The third-order valence-electron chi connectivity index (χ3n) is 2.55. The molecule has 0 atom stereocenters. The maximum absolute atomic E-state index is 11.8. The minimum absolute atomic E-state index is 0.251. The van der Waals surface area contributed by atoms with Crippen molar-refractivity contribution in [2.24, 2.45) is 5.41 Å². The fourth-order valence-corrected chi connectivity index (χ4v) is 1.76. The zero-order valence-corrected chi connectivity index (χ0v) is 11.9. The molecule has 0 aliphatic carbocycles. The van der Waals surface area contributed by atoms with Crippen LogP contribution in [0.15, 0.2) is 18.2 Å². The van der Waals surface area contributed by atoms with Crippen LogP contribution < -0.4 is 5.73 Å². The lowest BCUT2D eigenvalue weighted by Crippen LogP contribution is -2.11. The van der Waals surface area contributed by atoms with Crippen LogP contribution in [-0.2, 0) is 4.74 Å². The van der Waals surface area contributed by atoms with Crippen LogP contribution in [0.5, 0.6) is 0 Å². The van der Waals surface area contributed by atoms with Crippen molar-refractivity contribution < 1.29 is 9.53 Å². The van der Waals surface area contributed by atoms with Crippen molar-refractivity contribution in [2.75, 3.05) is 12.3 Å². The molecule has 0 fully saturated rings. The summed E-state index contributed by atoms with van der Waals surface area (Å²) in [5, 5.41) is 0.262. The lowest BCUT2D eigenvalue weighted by Gasteiger charge is -2.17. The zero-order valence-electron chi connectivity index (χ0n) is 11.1. The van der Waals surface area contributed by atoms with Crippen LogP contribution in [0.3, 0.4) is 0 Å². The first-order valence-electron chi connectivity index (χ1n) is 6.02. The first-order valence-corrected chi connectivity index (χ1v) is 6.40. The number of esters is 1. The molecule has 0 aromatic heterocycles. The number of ether oxygens (including phenoxy) is 1. The summed E-state index contributed by atoms with van der Waals surface area (Å²) in [4.78, 5) is 11.8. The molecule has 1 rings (SSSR count). The van der Waals surface area contributed by atoms with Gasteiger partial charge in [-0.25, -0.2) is 4.79 Å². The van der Waals surface area contributed by atoms with E-state index < -0.39 is 5.97 Å². The first-order chi connectivity index (χ1) is 8.31. The molecule has 0 amide bonds. The van der Waals surface area contributed by atoms with Crippen LogP contribution in [0.2, 0.25) is 5.02 Å². The molecule has 3 nitrogen and oxygen atoms in total. The van der Waals surface area contributed by atoms with Gasteiger partial charge in [-0.15, -0.1) is 0 Å². The van der Waals surface area contributed by atoms with Crippen molar-refractivity contribution in [3.8, 4) is 0 Å². The largest absolute Gasteiger partial charge is 0.462 e. The summed E-state index contributed by atoms with van der Waals surface area (Å²) in [5.41, 5.74) is 6.60. The number of carbonyl (C=O) groups excluding carboxylic acids is 1. The molecule has 0 saturated carbocycles. The van der Waals surface area contributed by atoms with Crippen molar-refractivity contribution in [3.63, 3.8) is 0 Å². The maximum Gasteiger partial charge on any atom is 0.339 e. The van der Waals surface area contributed by atoms with E-state index in [1.807, 2.05) is 0 Å². The Balaban J connectivity index is 2.49. The van der Waals surface area contributed by atoms with E-state index in [2.05, 4.69) is 20.8 Å². The third kappa shape index (κ3) is 4.57. The lowest BCUT2D eigenvalue weighted by molar-refractivity contribution is 0.0488. The van der Waals surface area contributed by atoms with Gasteiger partial charge in [-0.1, -0.05) is 38.4 Å². The predicted octanol–water partition coefficient (Wildman–Crippen LogP) is 3.91. The number of nitrogen functional groups attached to an aromatic ring is 1. The van der Waals surface area contributed by atoms with Gasteiger partial charge in [-0.05, 0) is 30.4 Å². The summed E-state index contributed by atoms with van der Waals surface area (Å²) in [5.74, 6) is -0.416. The molecule has 100 valence electrons. The van der Waals surface area contributed by atoms with Crippen LogP contribution in [0.25, 0.3) is 0 Å².